The summed E-state index contributed by atoms with van der Waals surface area (Å²) < 4.78 is 25.4. The highest BCUT2D eigenvalue weighted by Crippen LogP contribution is 2.37. The minimum atomic E-state index is -0.331. The average molecular weight is 275 g/mol. The molecular formula is C16H18FNO2. The van der Waals surface area contributed by atoms with Gasteiger partial charge in [-0.1, -0.05) is 12.1 Å². The van der Waals surface area contributed by atoms with Crippen LogP contribution >= 0.6 is 0 Å². The summed E-state index contributed by atoms with van der Waals surface area (Å²) >= 11 is 0. The van der Waals surface area contributed by atoms with Crippen LogP contribution in [0.25, 0.3) is 11.3 Å². The molecule has 3 nitrogen and oxygen atoms in total. The van der Waals surface area contributed by atoms with E-state index < -0.39 is 0 Å². The van der Waals surface area contributed by atoms with Crippen molar-refractivity contribution in [3.8, 4) is 17.1 Å². The summed E-state index contributed by atoms with van der Waals surface area (Å²) in [5, 5.41) is 3.65. The number of aromatic nitrogens is 1. The smallest absolute Gasteiger partial charge is 0.173 e. The molecule has 0 spiro atoms. The summed E-state index contributed by atoms with van der Waals surface area (Å²) in [6.45, 7) is 4.08. The molecule has 0 aliphatic heterocycles. The lowest BCUT2D eigenvalue weighted by molar-refractivity contribution is 0.205. The van der Waals surface area contributed by atoms with Crippen molar-refractivity contribution in [2.45, 2.75) is 39.2 Å². The molecule has 0 unspecified atom stereocenters. The van der Waals surface area contributed by atoms with E-state index in [4.69, 9.17) is 9.26 Å². The molecule has 0 saturated heterocycles. The van der Waals surface area contributed by atoms with E-state index in [1.54, 1.807) is 6.07 Å². The number of halogens is 1. The van der Waals surface area contributed by atoms with Crippen LogP contribution in [0.2, 0.25) is 0 Å². The van der Waals surface area contributed by atoms with Crippen LogP contribution in [0, 0.1) is 18.7 Å². The zero-order valence-corrected chi connectivity index (χ0v) is 11.7. The van der Waals surface area contributed by atoms with Crippen LogP contribution in [0.5, 0.6) is 5.75 Å². The SMILES string of the molecule is Cc1cc(F)c(-c2ccno2)c(O[C@@H]2CC[C@@H](C)C2)c1. The van der Waals surface area contributed by atoms with E-state index in [-0.39, 0.29) is 11.9 Å². The lowest BCUT2D eigenvalue weighted by Crippen LogP contribution is -2.13. The van der Waals surface area contributed by atoms with E-state index in [9.17, 15) is 4.39 Å². The van der Waals surface area contributed by atoms with E-state index in [1.165, 1.54) is 12.3 Å². The molecule has 0 radical (unpaired) electrons. The zero-order valence-electron chi connectivity index (χ0n) is 11.7. The van der Waals surface area contributed by atoms with Gasteiger partial charge in [0.05, 0.1) is 17.9 Å². The first-order valence-corrected chi connectivity index (χ1v) is 7.01. The highest BCUT2D eigenvalue weighted by Gasteiger charge is 2.25. The molecule has 1 aromatic carbocycles. The van der Waals surface area contributed by atoms with E-state index in [1.807, 2.05) is 13.0 Å². The van der Waals surface area contributed by atoms with Crippen LogP contribution in [0.4, 0.5) is 4.39 Å². The average Bonchev–Trinajstić information content (AvgIpc) is 3.00. The number of rotatable bonds is 3. The summed E-state index contributed by atoms with van der Waals surface area (Å²) in [4.78, 5) is 0. The summed E-state index contributed by atoms with van der Waals surface area (Å²) in [5.74, 6) is 1.30. The number of hydrogen-bond donors (Lipinski definition) is 0. The quantitative estimate of drug-likeness (QED) is 0.835. The van der Waals surface area contributed by atoms with Gasteiger partial charge in [0.2, 0.25) is 0 Å². The van der Waals surface area contributed by atoms with Crippen LogP contribution < -0.4 is 4.74 Å². The van der Waals surface area contributed by atoms with Crippen LogP contribution in [0.3, 0.4) is 0 Å². The molecular weight excluding hydrogens is 257 g/mol. The van der Waals surface area contributed by atoms with Crippen molar-refractivity contribution >= 4 is 0 Å². The predicted octanol–water partition coefficient (Wildman–Crippen LogP) is 4.36. The number of benzene rings is 1. The number of aryl methyl sites for hydroxylation is 1. The minimum Gasteiger partial charge on any atom is -0.490 e. The van der Waals surface area contributed by atoms with Crippen molar-refractivity contribution in [3.05, 3.63) is 35.8 Å². The van der Waals surface area contributed by atoms with Crippen molar-refractivity contribution in [1.29, 1.82) is 0 Å². The lowest BCUT2D eigenvalue weighted by atomic mass is 10.1. The van der Waals surface area contributed by atoms with E-state index in [2.05, 4.69) is 12.1 Å². The molecule has 106 valence electrons. The first kappa shape index (κ1) is 13.2. The van der Waals surface area contributed by atoms with Gasteiger partial charge < -0.3 is 9.26 Å². The Morgan fingerprint density at radius 2 is 2.20 bits per heavy atom. The number of nitrogens with zero attached hydrogens (tertiary/aromatic N) is 1. The molecule has 3 rings (SSSR count). The van der Waals surface area contributed by atoms with E-state index in [0.29, 0.717) is 23.0 Å². The Labute approximate surface area is 117 Å². The fourth-order valence-electron chi connectivity index (χ4n) is 2.83. The predicted molar refractivity (Wildman–Crippen MR) is 74.1 cm³/mol. The second-order valence-corrected chi connectivity index (χ2v) is 5.65. The fourth-order valence-corrected chi connectivity index (χ4v) is 2.83. The van der Waals surface area contributed by atoms with Gasteiger partial charge in [-0.3, -0.25) is 0 Å². The molecule has 1 aromatic heterocycles. The van der Waals surface area contributed by atoms with Gasteiger partial charge in [-0.05, 0) is 49.8 Å². The van der Waals surface area contributed by atoms with Gasteiger partial charge in [-0.2, -0.15) is 0 Å². The van der Waals surface area contributed by atoms with Crippen molar-refractivity contribution in [2.24, 2.45) is 5.92 Å². The Hall–Kier alpha value is -1.84. The van der Waals surface area contributed by atoms with Crippen molar-refractivity contribution in [2.75, 3.05) is 0 Å². The Balaban J connectivity index is 1.96. The molecule has 1 aliphatic rings. The van der Waals surface area contributed by atoms with Crippen LogP contribution in [-0.2, 0) is 0 Å². The standard InChI is InChI=1S/C16H18FNO2/c1-10-3-4-12(7-10)19-15-9-11(2)8-13(17)16(15)14-5-6-18-20-14/h5-6,8-10,12H,3-4,7H2,1-2H3/t10-,12-/m1/s1. The summed E-state index contributed by atoms with van der Waals surface area (Å²) in [6, 6.07) is 5.00. The van der Waals surface area contributed by atoms with Gasteiger partial charge >= 0.3 is 0 Å². The largest absolute Gasteiger partial charge is 0.490 e. The normalized spacial score (nSPS) is 22.1. The molecule has 1 fully saturated rings. The Morgan fingerprint density at radius 1 is 1.35 bits per heavy atom. The van der Waals surface area contributed by atoms with Crippen molar-refractivity contribution in [3.63, 3.8) is 0 Å². The maximum atomic E-state index is 14.3. The third kappa shape index (κ3) is 2.55. The number of ether oxygens (including phenoxy) is 1. The Bertz CT molecular complexity index is 595. The highest BCUT2D eigenvalue weighted by atomic mass is 19.1. The van der Waals surface area contributed by atoms with Crippen LogP contribution in [-0.4, -0.2) is 11.3 Å². The summed E-state index contributed by atoms with van der Waals surface area (Å²) in [6.07, 6.45) is 4.87. The lowest BCUT2D eigenvalue weighted by Gasteiger charge is -2.17. The van der Waals surface area contributed by atoms with Gasteiger partial charge in [0, 0.05) is 6.07 Å². The topological polar surface area (TPSA) is 35.3 Å². The van der Waals surface area contributed by atoms with E-state index >= 15 is 0 Å². The molecule has 1 saturated carbocycles. The maximum absolute atomic E-state index is 14.3. The Kier molecular flexibility index (Phi) is 3.47. The van der Waals surface area contributed by atoms with Crippen LogP contribution in [0.15, 0.2) is 28.9 Å². The highest BCUT2D eigenvalue weighted by molar-refractivity contribution is 5.67. The molecule has 2 aromatic rings. The third-order valence-corrected chi connectivity index (χ3v) is 3.82. The summed E-state index contributed by atoms with van der Waals surface area (Å²) in [7, 11) is 0. The Morgan fingerprint density at radius 3 is 2.85 bits per heavy atom. The maximum Gasteiger partial charge on any atom is 0.173 e. The molecule has 4 heteroatoms. The van der Waals surface area contributed by atoms with Gasteiger partial charge in [0.25, 0.3) is 0 Å². The molecule has 0 amide bonds. The van der Waals surface area contributed by atoms with Gasteiger partial charge in [0.15, 0.2) is 5.76 Å². The van der Waals surface area contributed by atoms with Gasteiger partial charge in [-0.15, -0.1) is 0 Å². The van der Waals surface area contributed by atoms with Gasteiger partial charge in [0.1, 0.15) is 11.6 Å². The monoisotopic (exact) mass is 275 g/mol. The number of hydrogen-bond acceptors (Lipinski definition) is 3. The van der Waals surface area contributed by atoms with Crippen LogP contribution in [0.1, 0.15) is 31.7 Å². The van der Waals surface area contributed by atoms with Gasteiger partial charge in [-0.25, -0.2) is 4.39 Å². The second kappa shape index (κ2) is 5.27. The second-order valence-electron chi connectivity index (χ2n) is 5.65. The van der Waals surface area contributed by atoms with Crippen molar-refractivity contribution < 1.29 is 13.7 Å². The zero-order chi connectivity index (χ0) is 14.1. The minimum absolute atomic E-state index is 0.160. The molecule has 1 aliphatic carbocycles. The van der Waals surface area contributed by atoms with E-state index in [0.717, 1.165) is 24.8 Å². The molecule has 20 heavy (non-hydrogen) atoms. The van der Waals surface area contributed by atoms with Crippen molar-refractivity contribution in [1.82, 2.24) is 5.16 Å². The molecule has 0 N–H and O–H groups in total. The fraction of sp³-hybridized carbons (Fsp3) is 0.438. The third-order valence-electron chi connectivity index (χ3n) is 3.82. The molecule has 2 atom stereocenters. The molecule has 1 heterocycles. The first-order valence-electron chi connectivity index (χ1n) is 7.01. The molecule has 0 bridgehead atoms. The summed E-state index contributed by atoms with van der Waals surface area (Å²) in [5.41, 5.74) is 1.21. The first-order chi connectivity index (χ1) is 9.63.